The van der Waals surface area contributed by atoms with Crippen LogP contribution in [-0.4, -0.2) is 22.2 Å². The van der Waals surface area contributed by atoms with Gasteiger partial charge in [-0.3, -0.25) is 4.98 Å². The topological polar surface area (TPSA) is 55.2 Å². The van der Waals surface area contributed by atoms with Gasteiger partial charge in [0.1, 0.15) is 11.5 Å². The molecule has 0 aliphatic carbocycles. The van der Waals surface area contributed by atoms with Crippen molar-refractivity contribution in [2.45, 2.75) is 0 Å². The van der Waals surface area contributed by atoms with Gasteiger partial charge >= 0.3 is 0 Å². The van der Waals surface area contributed by atoms with Crippen LogP contribution in [0.15, 0.2) is 48.7 Å². The van der Waals surface area contributed by atoms with E-state index >= 15 is 0 Å². The monoisotopic (exact) mass is 252 g/mol. The second-order valence-electron chi connectivity index (χ2n) is 4.16. The maximum absolute atomic E-state index is 9.49. The Labute approximate surface area is 110 Å². The summed E-state index contributed by atoms with van der Waals surface area (Å²) in [7, 11) is 1.62. The van der Waals surface area contributed by atoms with Crippen LogP contribution < -0.4 is 4.74 Å². The molecule has 0 fully saturated rings. The van der Waals surface area contributed by atoms with Crippen molar-refractivity contribution in [2.24, 2.45) is 0 Å². The van der Waals surface area contributed by atoms with Crippen molar-refractivity contribution in [1.29, 1.82) is 0 Å². The average Bonchev–Trinajstić information content (AvgIpc) is 2.46. The summed E-state index contributed by atoms with van der Waals surface area (Å²) in [5.74, 6) is 0.973. The van der Waals surface area contributed by atoms with Gasteiger partial charge in [-0.15, -0.1) is 0 Å². The fraction of sp³-hybridized carbons (Fsp3) is 0.0667. The zero-order valence-electron chi connectivity index (χ0n) is 10.4. The van der Waals surface area contributed by atoms with E-state index in [-0.39, 0.29) is 5.75 Å². The minimum atomic E-state index is 0.217. The Morgan fingerprint density at radius 2 is 1.95 bits per heavy atom. The Kier molecular flexibility index (Phi) is 2.76. The van der Waals surface area contributed by atoms with Crippen molar-refractivity contribution < 1.29 is 9.84 Å². The van der Waals surface area contributed by atoms with Crippen LogP contribution in [0, 0.1) is 0 Å². The van der Waals surface area contributed by atoms with Gasteiger partial charge in [0, 0.05) is 11.6 Å². The number of benzene rings is 2. The fourth-order valence-corrected chi connectivity index (χ4v) is 1.92. The van der Waals surface area contributed by atoms with Crippen LogP contribution in [0.1, 0.15) is 0 Å². The zero-order chi connectivity index (χ0) is 13.2. The lowest BCUT2D eigenvalue weighted by Gasteiger charge is -2.04. The maximum Gasteiger partial charge on any atom is 0.121 e. The van der Waals surface area contributed by atoms with Crippen LogP contribution in [0.25, 0.3) is 22.3 Å². The van der Waals surface area contributed by atoms with Crippen molar-refractivity contribution in [3.05, 3.63) is 48.7 Å². The summed E-state index contributed by atoms with van der Waals surface area (Å²) >= 11 is 0. The molecule has 0 saturated carbocycles. The number of aromatic hydroxyl groups is 1. The van der Waals surface area contributed by atoms with Gasteiger partial charge in [0.05, 0.1) is 30.0 Å². The Bertz CT molecular complexity index is 741. The third-order valence-electron chi connectivity index (χ3n) is 2.89. The third-order valence-corrected chi connectivity index (χ3v) is 2.89. The second-order valence-corrected chi connectivity index (χ2v) is 4.16. The van der Waals surface area contributed by atoms with E-state index in [1.54, 1.807) is 31.5 Å². The molecule has 0 atom stereocenters. The predicted molar refractivity (Wildman–Crippen MR) is 73.2 cm³/mol. The Balaban J connectivity index is 2.11. The van der Waals surface area contributed by atoms with Gasteiger partial charge in [-0.1, -0.05) is 12.1 Å². The van der Waals surface area contributed by atoms with E-state index in [9.17, 15) is 5.11 Å². The first kappa shape index (κ1) is 11.5. The largest absolute Gasteiger partial charge is 0.508 e. The van der Waals surface area contributed by atoms with E-state index in [4.69, 9.17) is 4.74 Å². The molecule has 19 heavy (non-hydrogen) atoms. The van der Waals surface area contributed by atoms with Crippen molar-refractivity contribution in [3.63, 3.8) is 0 Å². The summed E-state index contributed by atoms with van der Waals surface area (Å²) in [6.07, 6.45) is 1.69. The first-order chi connectivity index (χ1) is 9.26. The van der Waals surface area contributed by atoms with Crippen LogP contribution in [0.3, 0.4) is 0 Å². The molecule has 0 bridgehead atoms. The highest BCUT2D eigenvalue weighted by Gasteiger charge is 2.04. The number of fused-ring (bicyclic) bond motifs is 1. The van der Waals surface area contributed by atoms with Crippen LogP contribution in [0.5, 0.6) is 11.5 Å². The number of rotatable bonds is 2. The highest BCUT2D eigenvalue weighted by atomic mass is 16.5. The molecule has 3 rings (SSSR count). The molecular formula is C15H12N2O2. The van der Waals surface area contributed by atoms with Crippen LogP contribution in [-0.2, 0) is 0 Å². The van der Waals surface area contributed by atoms with Crippen LogP contribution in [0.4, 0.5) is 0 Å². The maximum atomic E-state index is 9.49. The van der Waals surface area contributed by atoms with Crippen molar-refractivity contribution in [3.8, 4) is 22.8 Å². The van der Waals surface area contributed by atoms with Gasteiger partial charge in [-0.2, -0.15) is 0 Å². The molecule has 0 amide bonds. The number of hydrogen-bond acceptors (Lipinski definition) is 4. The molecule has 3 aromatic rings. The van der Waals surface area contributed by atoms with Crippen molar-refractivity contribution >= 4 is 11.0 Å². The lowest BCUT2D eigenvalue weighted by atomic mass is 10.1. The molecule has 94 valence electrons. The smallest absolute Gasteiger partial charge is 0.121 e. The molecule has 4 heteroatoms. The Hall–Kier alpha value is -2.62. The SMILES string of the molecule is COc1ccc2nc(-c3cccc(O)c3)cnc2c1. The number of aromatic nitrogens is 2. The second kappa shape index (κ2) is 4.57. The molecule has 0 unspecified atom stereocenters. The minimum Gasteiger partial charge on any atom is -0.508 e. The standard InChI is InChI=1S/C15H12N2O2/c1-19-12-5-6-13-14(8-12)16-9-15(17-13)10-3-2-4-11(18)7-10/h2-9,18H,1H3. The molecule has 0 aliphatic rings. The molecule has 0 spiro atoms. The van der Waals surface area contributed by atoms with Gasteiger partial charge in [0.25, 0.3) is 0 Å². The van der Waals surface area contributed by atoms with Crippen molar-refractivity contribution in [2.75, 3.05) is 7.11 Å². The predicted octanol–water partition coefficient (Wildman–Crippen LogP) is 3.01. The van der Waals surface area contributed by atoms with Crippen molar-refractivity contribution in [1.82, 2.24) is 9.97 Å². The normalized spacial score (nSPS) is 10.6. The van der Waals surface area contributed by atoms with E-state index in [0.717, 1.165) is 28.0 Å². The first-order valence-corrected chi connectivity index (χ1v) is 5.86. The van der Waals surface area contributed by atoms with E-state index in [1.165, 1.54) is 0 Å². The van der Waals surface area contributed by atoms with E-state index in [1.807, 2.05) is 24.3 Å². The Morgan fingerprint density at radius 3 is 2.74 bits per heavy atom. The number of phenolic OH excluding ortho intramolecular Hbond substituents is 1. The summed E-state index contributed by atoms with van der Waals surface area (Å²) < 4.78 is 5.15. The quantitative estimate of drug-likeness (QED) is 0.761. The lowest BCUT2D eigenvalue weighted by Crippen LogP contribution is -1.90. The van der Waals surface area contributed by atoms with Gasteiger partial charge in [-0.25, -0.2) is 4.98 Å². The van der Waals surface area contributed by atoms with Gasteiger partial charge < -0.3 is 9.84 Å². The molecule has 0 aliphatic heterocycles. The minimum absolute atomic E-state index is 0.217. The van der Waals surface area contributed by atoms with E-state index in [0.29, 0.717) is 0 Å². The molecule has 0 saturated heterocycles. The molecule has 1 heterocycles. The van der Waals surface area contributed by atoms with Gasteiger partial charge in [0.15, 0.2) is 0 Å². The van der Waals surface area contributed by atoms with Crippen LogP contribution >= 0.6 is 0 Å². The summed E-state index contributed by atoms with van der Waals surface area (Å²) in [6.45, 7) is 0. The average molecular weight is 252 g/mol. The highest BCUT2D eigenvalue weighted by molar-refractivity contribution is 5.78. The number of phenols is 1. The highest BCUT2D eigenvalue weighted by Crippen LogP contribution is 2.24. The lowest BCUT2D eigenvalue weighted by molar-refractivity contribution is 0.415. The number of nitrogens with zero attached hydrogens (tertiary/aromatic N) is 2. The Morgan fingerprint density at radius 1 is 1.05 bits per heavy atom. The first-order valence-electron chi connectivity index (χ1n) is 5.86. The molecule has 1 N–H and O–H groups in total. The molecule has 1 aromatic heterocycles. The summed E-state index contributed by atoms with van der Waals surface area (Å²) in [6, 6.07) is 12.5. The van der Waals surface area contributed by atoms with Gasteiger partial charge in [0.2, 0.25) is 0 Å². The zero-order valence-corrected chi connectivity index (χ0v) is 10.4. The van der Waals surface area contributed by atoms with Gasteiger partial charge in [-0.05, 0) is 24.3 Å². The van der Waals surface area contributed by atoms with E-state index < -0.39 is 0 Å². The summed E-state index contributed by atoms with van der Waals surface area (Å²) in [5.41, 5.74) is 3.14. The summed E-state index contributed by atoms with van der Waals surface area (Å²) in [4.78, 5) is 8.90. The number of methoxy groups -OCH3 is 1. The number of ether oxygens (including phenoxy) is 1. The molecule has 2 aromatic carbocycles. The molecule has 0 radical (unpaired) electrons. The third kappa shape index (κ3) is 2.20. The van der Waals surface area contributed by atoms with Crippen LogP contribution in [0.2, 0.25) is 0 Å². The van der Waals surface area contributed by atoms with E-state index in [2.05, 4.69) is 9.97 Å². The summed E-state index contributed by atoms with van der Waals surface area (Å²) in [5, 5.41) is 9.49. The molecular weight excluding hydrogens is 240 g/mol. The molecule has 4 nitrogen and oxygen atoms in total. The number of hydrogen-bond donors (Lipinski definition) is 1. The fourth-order valence-electron chi connectivity index (χ4n) is 1.92.